The predicted molar refractivity (Wildman–Crippen MR) is 204 cm³/mol. The molecule has 9 N–H and O–H groups in total. The summed E-state index contributed by atoms with van der Waals surface area (Å²) in [7, 11) is 3.29. The Bertz CT molecular complexity index is 1760. The van der Waals surface area contributed by atoms with Crippen LogP contribution in [0.5, 0.6) is 11.5 Å². The highest BCUT2D eigenvalue weighted by atomic mass is 16.5. The summed E-state index contributed by atoms with van der Waals surface area (Å²) in [5, 5.41) is 17.7. The summed E-state index contributed by atoms with van der Waals surface area (Å²) in [6, 6.07) is 14.7. The first kappa shape index (κ1) is 38.3. The molecule has 0 spiro atoms. The van der Waals surface area contributed by atoms with E-state index in [9.17, 15) is 9.59 Å². The van der Waals surface area contributed by atoms with Crippen molar-refractivity contribution in [3.05, 3.63) is 60.9 Å². The molecule has 51 heavy (non-hydrogen) atoms. The van der Waals surface area contributed by atoms with Gasteiger partial charge in [0.2, 0.25) is 5.91 Å². The average molecular weight is 701 g/mol. The number of nitrogens with zero attached hydrogens (tertiary/aromatic N) is 3. The van der Waals surface area contributed by atoms with Gasteiger partial charge in [-0.2, -0.15) is 0 Å². The van der Waals surface area contributed by atoms with Crippen molar-refractivity contribution in [3.63, 3.8) is 0 Å². The zero-order valence-corrected chi connectivity index (χ0v) is 30.0. The number of carbonyl (C=O) groups excluding carboxylic acids is 2. The number of carbonyl (C=O) groups is 2. The lowest BCUT2D eigenvalue weighted by Gasteiger charge is -2.20. The number of fused-ring (bicyclic) bond motifs is 2. The molecule has 14 nitrogen and oxygen atoms in total. The second-order valence-electron chi connectivity index (χ2n) is 12.6. The van der Waals surface area contributed by atoms with Crippen LogP contribution in [0.1, 0.15) is 52.4 Å². The quantitative estimate of drug-likeness (QED) is 0.0391. The minimum atomic E-state index is -0.738. The number of guanidine groups is 1. The van der Waals surface area contributed by atoms with E-state index in [1.54, 1.807) is 26.6 Å². The van der Waals surface area contributed by atoms with Crippen LogP contribution in [0.4, 0.5) is 16.2 Å². The monoisotopic (exact) mass is 700 g/mol. The molecule has 0 saturated heterocycles. The minimum Gasteiger partial charge on any atom is -0.497 e. The van der Waals surface area contributed by atoms with Gasteiger partial charge in [0.25, 0.3) is 0 Å². The Morgan fingerprint density at radius 1 is 0.765 bits per heavy atom. The lowest BCUT2D eigenvalue weighted by atomic mass is 10.1. The molecule has 0 aliphatic carbocycles. The smallest absolute Gasteiger partial charge is 0.315 e. The number of benzene rings is 2. The molecule has 2 aromatic heterocycles. The third-order valence-corrected chi connectivity index (χ3v) is 8.41. The van der Waals surface area contributed by atoms with Gasteiger partial charge in [-0.25, -0.2) is 4.79 Å². The molecule has 3 amide bonds. The van der Waals surface area contributed by atoms with E-state index in [2.05, 4.69) is 55.4 Å². The van der Waals surface area contributed by atoms with Crippen molar-refractivity contribution in [2.24, 2.45) is 16.5 Å². The molecule has 0 aliphatic heterocycles. The third-order valence-electron chi connectivity index (χ3n) is 8.41. The van der Waals surface area contributed by atoms with Gasteiger partial charge in [-0.3, -0.25) is 19.8 Å². The maximum Gasteiger partial charge on any atom is 0.315 e. The number of ether oxygens (including phenoxy) is 2. The molecule has 4 aromatic rings. The number of amides is 3. The van der Waals surface area contributed by atoms with Gasteiger partial charge in [0.1, 0.15) is 17.5 Å². The first-order valence-corrected chi connectivity index (χ1v) is 17.4. The van der Waals surface area contributed by atoms with E-state index in [1.165, 1.54) is 0 Å². The van der Waals surface area contributed by atoms with E-state index in [-0.39, 0.29) is 24.0 Å². The Hall–Kier alpha value is -5.53. The largest absolute Gasteiger partial charge is 0.497 e. The molecular weight excluding hydrogens is 648 g/mol. The van der Waals surface area contributed by atoms with Gasteiger partial charge >= 0.3 is 6.03 Å². The molecule has 2 heterocycles. The summed E-state index contributed by atoms with van der Waals surface area (Å²) in [5.74, 6) is 1.24. The zero-order valence-electron chi connectivity index (χ0n) is 30.0. The lowest BCUT2D eigenvalue weighted by Crippen LogP contribution is -2.50. The Morgan fingerprint density at radius 3 is 1.80 bits per heavy atom. The van der Waals surface area contributed by atoms with Gasteiger partial charge in [-0.1, -0.05) is 12.1 Å². The number of hydrogen-bond donors (Lipinski definition) is 7. The number of nitrogens with one attached hydrogen (secondary N) is 5. The summed E-state index contributed by atoms with van der Waals surface area (Å²) in [5.41, 5.74) is 14.4. The lowest BCUT2D eigenvalue weighted by molar-refractivity contribution is -0.123. The van der Waals surface area contributed by atoms with Crippen LogP contribution < -0.4 is 47.5 Å². The fourth-order valence-corrected chi connectivity index (χ4v) is 5.80. The molecular formula is C37H52N10O4. The maximum absolute atomic E-state index is 13.2. The number of anilines is 2. The van der Waals surface area contributed by atoms with Crippen LogP contribution in [0.15, 0.2) is 65.9 Å². The predicted octanol–water partition coefficient (Wildman–Crippen LogP) is 4.50. The van der Waals surface area contributed by atoms with E-state index < -0.39 is 12.1 Å². The number of rotatable bonds is 20. The summed E-state index contributed by atoms with van der Waals surface area (Å²) in [4.78, 5) is 39.1. The summed E-state index contributed by atoms with van der Waals surface area (Å²) >= 11 is 0. The van der Waals surface area contributed by atoms with Crippen LogP contribution in [-0.2, 0) is 4.79 Å². The van der Waals surface area contributed by atoms with Crippen molar-refractivity contribution < 1.29 is 19.1 Å². The molecule has 4 rings (SSSR count). The van der Waals surface area contributed by atoms with E-state index >= 15 is 0 Å². The maximum atomic E-state index is 13.2. The fourth-order valence-electron chi connectivity index (χ4n) is 5.80. The topological polar surface area (TPSA) is 203 Å². The van der Waals surface area contributed by atoms with Crippen molar-refractivity contribution >= 4 is 51.1 Å². The SMILES string of the molecule is COc1cc(NC(C)CCCNC(=O)N[C@H](CCCN=C(N)N)C(=O)NCCCC(C)Nc2cc(OC)cc3cccnc23)c2ncccc2c1. The van der Waals surface area contributed by atoms with Crippen LogP contribution >= 0.6 is 0 Å². The second-order valence-corrected chi connectivity index (χ2v) is 12.6. The van der Waals surface area contributed by atoms with Crippen molar-refractivity contribution in [1.29, 1.82) is 0 Å². The molecule has 0 radical (unpaired) electrons. The normalized spacial score (nSPS) is 12.7. The first-order valence-electron chi connectivity index (χ1n) is 17.4. The van der Waals surface area contributed by atoms with Crippen LogP contribution in [0.25, 0.3) is 21.8 Å². The van der Waals surface area contributed by atoms with Gasteiger partial charge in [0.05, 0.1) is 36.6 Å². The zero-order chi connectivity index (χ0) is 36.6. The fraction of sp³-hybridized carbons (Fsp3) is 0.432. The molecule has 0 fully saturated rings. The highest BCUT2D eigenvalue weighted by Crippen LogP contribution is 2.29. The number of aromatic nitrogens is 2. The van der Waals surface area contributed by atoms with Crippen molar-refractivity contribution in [1.82, 2.24) is 25.9 Å². The van der Waals surface area contributed by atoms with Crippen molar-refractivity contribution in [2.45, 2.75) is 70.5 Å². The van der Waals surface area contributed by atoms with Gasteiger partial charge in [0, 0.05) is 67.0 Å². The van der Waals surface area contributed by atoms with Crippen LogP contribution in [-0.4, -0.2) is 79.8 Å². The number of methoxy groups -OCH3 is 2. The Kier molecular flexibility index (Phi) is 14.7. The molecule has 2 unspecified atom stereocenters. The highest BCUT2D eigenvalue weighted by molar-refractivity contribution is 5.93. The number of urea groups is 1. The van der Waals surface area contributed by atoms with E-state index in [0.717, 1.165) is 70.4 Å². The van der Waals surface area contributed by atoms with E-state index in [0.29, 0.717) is 32.5 Å². The standard InChI is InChI=1S/C37H52N10O4/c1-24(45-31-22-28(50-3)20-26-12-7-15-40-33(26)31)10-5-17-42-35(48)30(14-9-18-43-36(38)39)47-37(49)44-19-6-11-25(2)46-32-23-29(51-4)21-27-13-8-16-41-34(27)32/h7-8,12-13,15-16,20-25,30,45-46H,5-6,9-11,14,17-19H2,1-4H3,(H,42,48)(H4,38,39,43)(H2,44,47,49)/t24?,25?,30-/m1/s1. The Morgan fingerprint density at radius 2 is 1.29 bits per heavy atom. The molecule has 3 atom stereocenters. The first-order chi connectivity index (χ1) is 24.7. The van der Waals surface area contributed by atoms with Gasteiger partial charge in [0.15, 0.2) is 5.96 Å². The van der Waals surface area contributed by atoms with Gasteiger partial charge in [-0.05, 0) is 76.6 Å². The Balaban J connectivity index is 1.22. The number of aliphatic imine (C=N–C) groups is 1. The van der Waals surface area contributed by atoms with Crippen LogP contribution in [0.3, 0.4) is 0 Å². The molecule has 0 aliphatic rings. The minimum absolute atomic E-state index is 0.0123. The molecule has 0 saturated carbocycles. The highest BCUT2D eigenvalue weighted by Gasteiger charge is 2.20. The summed E-state index contributed by atoms with van der Waals surface area (Å²) < 4.78 is 10.9. The number of hydrogen-bond acceptors (Lipinski definition) is 9. The Labute approximate surface area is 299 Å². The van der Waals surface area contributed by atoms with Gasteiger partial charge in [-0.15, -0.1) is 0 Å². The van der Waals surface area contributed by atoms with E-state index in [4.69, 9.17) is 20.9 Å². The summed E-state index contributed by atoms with van der Waals surface area (Å²) in [6.45, 7) is 5.43. The average Bonchev–Trinajstić information content (AvgIpc) is 3.12. The van der Waals surface area contributed by atoms with Gasteiger partial charge < -0.3 is 47.5 Å². The van der Waals surface area contributed by atoms with E-state index in [1.807, 2.05) is 48.5 Å². The van der Waals surface area contributed by atoms with Crippen molar-refractivity contribution in [3.8, 4) is 11.5 Å². The third kappa shape index (κ3) is 12.1. The second kappa shape index (κ2) is 19.6. The van der Waals surface area contributed by atoms with Crippen LogP contribution in [0, 0.1) is 0 Å². The molecule has 2 aromatic carbocycles. The van der Waals surface area contributed by atoms with Crippen LogP contribution in [0.2, 0.25) is 0 Å². The summed E-state index contributed by atoms with van der Waals surface area (Å²) in [6.07, 6.45) is 7.50. The molecule has 0 bridgehead atoms. The molecule has 274 valence electrons. The number of pyridine rings is 2. The number of nitrogens with two attached hydrogens (primary N) is 2. The molecule has 14 heteroatoms. The van der Waals surface area contributed by atoms with Crippen molar-refractivity contribution in [2.75, 3.05) is 44.5 Å².